The first-order valence-corrected chi connectivity index (χ1v) is 10.1. The number of ether oxygens (including phenoxy) is 2. The van der Waals surface area contributed by atoms with Gasteiger partial charge in [0.25, 0.3) is 0 Å². The molecule has 8 nitrogen and oxygen atoms in total. The first-order chi connectivity index (χ1) is 15.7. The topological polar surface area (TPSA) is 99.4 Å². The second-order valence-electron chi connectivity index (χ2n) is 6.93. The zero-order valence-electron chi connectivity index (χ0n) is 17.5. The fourth-order valence-corrected chi connectivity index (χ4v) is 3.01. The van der Waals surface area contributed by atoms with Crippen LogP contribution in [0.15, 0.2) is 77.5 Å². The van der Waals surface area contributed by atoms with Crippen molar-refractivity contribution in [1.29, 1.82) is 0 Å². The fourth-order valence-electron chi connectivity index (χ4n) is 3.01. The second kappa shape index (κ2) is 10.2. The van der Waals surface area contributed by atoms with Gasteiger partial charge in [-0.2, -0.15) is 0 Å². The molecule has 4 rings (SSSR count). The van der Waals surface area contributed by atoms with Crippen molar-refractivity contribution >= 4 is 11.6 Å². The van der Waals surface area contributed by atoms with Crippen LogP contribution in [0.3, 0.4) is 0 Å². The third-order valence-corrected chi connectivity index (χ3v) is 4.62. The average molecular weight is 430 g/mol. The minimum atomic E-state index is -0.173. The van der Waals surface area contributed by atoms with E-state index in [1.807, 2.05) is 42.5 Å². The van der Waals surface area contributed by atoms with E-state index < -0.39 is 0 Å². The number of nitrogens with one attached hydrogen (secondary N) is 1. The molecule has 8 heteroatoms. The van der Waals surface area contributed by atoms with Gasteiger partial charge in [0, 0.05) is 48.1 Å². The van der Waals surface area contributed by atoms with E-state index in [1.54, 1.807) is 37.7 Å². The van der Waals surface area contributed by atoms with Gasteiger partial charge in [-0.15, -0.1) is 10.2 Å². The van der Waals surface area contributed by atoms with E-state index in [0.717, 1.165) is 11.1 Å². The highest BCUT2D eigenvalue weighted by atomic mass is 16.5. The van der Waals surface area contributed by atoms with E-state index in [0.29, 0.717) is 42.0 Å². The number of hydrogen-bond acceptors (Lipinski definition) is 7. The molecule has 0 bridgehead atoms. The molecule has 0 saturated heterocycles. The molecule has 2 heterocycles. The van der Waals surface area contributed by atoms with Gasteiger partial charge in [0.1, 0.15) is 6.61 Å². The number of methoxy groups -OCH3 is 1. The Balaban J connectivity index is 1.34. The molecule has 1 amide bonds. The summed E-state index contributed by atoms with van der Waals surface area (Å²) in [6.45, 7) is 0.336. The fraction of sp³-hybridized carbons (Fsp3) is 0.167. The Kier molecular flexibility index (Phi) is 6.72. The van der Waals surface area contributed by atoms with Crippen molar-refractivity contribution < 1.29 is 18.7 Å². The quantitative estimate of drug-likeness (QED) is 0.423. The maximum absolute atomic E-state index is 12.4. The highest BCUT2D eigenvalue weighted by Gasteiger charge is 2.12. The lowest BCUT2D eigenvalue weighted by Crippen LogP contribution is -2.12. The lowest BCUT2D eigenvalue weighted by molar-refractivity contribution is -0.116. The molecule has 32 heavy (non-hydrogen) atoms. The number of carbonyl (C=O) groups is 1. The zero-order chi connectivity index (χ0) is 22.2. The number of hydrogen-bond donors (Lipinski definition) is 1. The van der Waals surface area contributed by atoms with Gasteiger partial charge in [-0.1, -0.05) is 24.3 Å². The van der Waals surface area contributed by atoms with E-state index in [4.69, 9.17) is 13.9 Å². The second-order valence-corrected chi connectivity index (χ2v) is 6.93. The Morgan fingerprint density at radius 1 is 1.03 bits per heavy atom. The lowest BCUT2D eigenvalue weighted by Gasteiger charge is -2.13. The number of amides is 1. The standard InChI is InChI=1S/C24H22N4O4/c1-30-20-10-9-19(14-21(20)31-16-17-6-5-13-25-15-17)26-22(29)11-12-23-27-28-24(32-23)18-7-3-2-4-8-18/h2-10,13-15H,11-12,16H2,1H3,(H,26,29). The third-order valence-electron chi connectivity index (χ3n) is 4.62. The number of aromatic nitrogens is 3. The first kappa shape index (κ1) is 21.0. The number of benzene rings is 2. The molecule has 2 aromatic carbocycles. The summed E-state index contributed by atoms with van der Waals surface area (Å²) in [5.41, 5.74) is 2.37. The van der Waals surface area contributed by atoms with E-state index in [1.165, 1.54) is 0 Å². The molecular formula is C24H22N4O4. The molecule has 0 radical (unpaired) electrons. The number of nitrogens with zero attached hydrogens (tertiary/aromatic N) is 3. The van der Waals surface area contributed by atoms with Crippen molar-refractivity contribution in [2.24, 2.45) is 0 Å². The maximum Gasteiger partial charge on any atom is 0.247 e. The highest BCUT2D eigenvalue weighted by Crippen LogP contribution is 2.31. The smallest absolute Gasteiger partial charge is 0.247 e. The highest BCUT2D eigenvalue weighted by molar-refractivity contribution is 5.91. The van der Waals surface area contributed by atoms with Crippen LogP contribution >= 0.6 is 0 Å². The molecule has 0 fully saturated rings. The van der Waals surface area contributed by atoms with Crippen molar-refractivity contribution in [3.05, 3.63) is 84.5 Å². The molecule has 0 atom stereocenters. The van der Waals surface area contributed by atoms with Crippen molar-refractivity contribution in [2.45, 2.75) is 19.4 Å². The van der Waals surface area contributed by atoms with Gasteiger partial charge >= 0.3 is 0 Å². The summed E-state index contributed by atoms with van der Waals surface area (Å²) >= 11 is 0. The van der Waals surface area contributed by atoms with Gasteiger partial charge in [-0.3, -0.25) is 9.78 Å². The van der Waals surface area contributed by atoms with Crippen molar-refractivity contribution in [3.63, 3.8) is 0 Å². The van der Waals surface area contributed by atoms with Gasteiger partial charge in [0.05, 0.1) is 7.11 Å². The number of rotatable bonds is 9. The minimum Gasteiger partial charge on any atom is -0.493 e. The van der Waals surface area contributed by atoms with Crippen LogP contribution in [0, 0.1) is 0 Å². The Morgan fingerprint density at radius 3 is 2.69 bits per heavy atom. The summed E-state index contributed by atoms with van der Waals surface area (Å²) in [6.07, 6.45) is 3.98. The van der Waals surface area contributed by atoms with Crippen LogP contribution in [-0.2, 0) is 17.8 Å². The van der Waals surface area contributed by atoms with Crippen LogP contribution in [0.4, 0.5) is 5.69 Å². The Morgan fingerprint density at radius 2 is 1.91 bits per heavy atom. The molecule has 0 aliphatic heterocycles. The normalized spacial score (nSPS) is 10.5. The predicted octanol–water partition coefficient (Wildman–Crippen LogP) is 4.29. The molecule has 4 aromatic rings. The Hall–Kier alpha value is -4.20. The largest absolute Gasteiger partial charge is 0.493 e. The van der Waals surface area contributed by atoms with Crippen LogP contribution in [0.2, 0.25) is 0 Å². The third kappa shape index (κ3) is 5.48. The average Bonchev–Trinajstić information content (AvgIpc) is 3.32. The summed E-state index contributed by atoms with van der Waals surface area (Å²) in [4.78, 5) is 16.5. The van der Waals surface area contributed by atoms with E-state index >= 15 is 0 Å². The van der Waals surface area contributed by atoms with Crippen LogP contribution in [-0.4, -0.2) is 28.2 Å². The summed E-state index contributed by atoms with van der Waals surface area (Å²) < 4.78 is 16.9. The lowest BCUT2D eigenvalue weighted by atomic mass is 10.2. The van der Waals surface area contributed by atoms with E-state index in [-0.39, 0.29) is 12.3 Å². The number of anilines is 1. The van der Waals surface area contributed by atoms with E-state index in [9.17, 15) is 4.79 Å². The van der Waals surface area contributed by atoms with Crippen molar-refractivity contribution in [2.75, 3.05) is 12.4 Å². The summed E-state index contributed by atoms with van der Waals surface area (Å²) in [5.74, 6) is 1.78. The molecule has 0 aliphatic carbocycles. The Bertz CT molecular complexity index is 1160. The monoisotopic (exact) mass is 430 g/mol. The minimum absolute atomic E-state index is 0.173. The molecule has 1 N–H and O–H groups in total. The van der Waals surface area contributed by atoms with Crippen molar-refractivity contribution in [1.82, 2.24) is 15.2 Å². The van der Waals surface area contributed by atoms with Gasteiger partial charge in [-0.25, -0.2) is 0 Å². The van der Waals surface area contributed by atoms with Crippen molar-refractivity contribution in [3.8, 4) is 23.0 Å². The van der Waals surface area contributed by atoms with E-state index in [2.05, 4.69) is 20.5 Å². The van der Waals surface area contributed by atoms with Gasteiger partial charge in [0.15, 0.2) is 11.5 Å². The molecular weight excluding hydrogens is 408 g/mol. The summed E-state index contributed by atoms with van der Waals surface area (Å²) in [7, 11) is 1.57. The number of carbonyl (C=O) groups excluding carboxylic acids is 1. The van der Waals surface area contributed by atoms with Gasteiger partial charge < -0.3 is 19.2 Å². The first-order valence-electron chi connectivity index (χ1n) is 10.1. The van der Waals surface area contributed by atoms with Crippen LogP contribution in [0.5, 0.6) is 11.5 Å². The molecule has 0 unspecified atom stereocenters. The van der Waals surface area contributed by atoms with Gasteiger partial charge in [0.2, 0.25) is 17.7 Å². The van der Waals surface area contributed by atoms with Crippen LogP contribution in [0.1, 0.15) is 17.9 Å². The SMILES string of the molecule is COc1ccc(NC(=O)CCc2nnc(-c3ccccc3)o2)cc1OCc1cccnc1. The molecule has 0 spiro atoms. The molecule has 162 valence electrons. The molecule has 0 saturated carbocycles. The molecule has 2 aromatic heterocycles. The predicted molar refractivity (Wildman–Crippen MR) is 118 cm³/mol. The zero-order valence-corrected chi connectivity index (χ0v) is 17.5. The number of aryl methyl sites for hydroxylation is 1. The summed E-state index contributed by atoms with van der Waals surface area (Å²) in [5, 5.41) is 10.9. The number of pyridine rings is 1. The van der Waals surface area contributed by atoms with Crippen LogP contribution < -0.4 is 14.8 Å². The molecule has 0 aliphatic rings. The Labute approximate surface area is 185 Å². The summed E-state index contributed by atoms with van der Waals surface area (Å²) in [6, 6.07) is 18.5. The van der Waals surface area contributed by atoms with Gasteiger partial charge in [-0.05, 0) is 30.3 Å². The van der Waals surface area contributed by atoms with Crippen LogP contribution in [0.25, 0.3) is 11.5 Å². The maximum atomic E-state index is 12.4.